The first kappa shape index (κ1) is 18.7. The van der Waals surface area contributed by atoms with Crippen molar-refractivity contribution in [1.82, 2.24) is 4.90 Å². The third-order valence-electron chi connectivity index (χ3n) is 3.57. The summed E-state index contributed by atoms with van der Waals surface area (Å²) in [4.78, 5) is 46.8. The molecule has 0 aromatic heterocycles. The summed E-state index contributed by atoms with van der Waals surface area (Å²) >= 11 is 1.20. The quantitative estimate of drug-likeness (QED) is 0.444. The Morgan fingerprint density at radius 1 is 1.44 bits per heavy atom. The molecule has 1 fully saturated rings. The smallest absolute Gasteiger partial charge is 0.308 e. The molecule has 2 amide bonds. The van der Waals surface area contributed by atoms with E-state index < -0.39 is 23.4 Å². The van der Waals surface area contributed by atoms with Crippen molar-refractivity contribution in [3.63, 3.8) is 0 Å². The number of hydrogen-bond acceptors (Lipinski definition) is 7. The highest BCUT2D eigenvalue weighted by Crippen LogP contribution is 2.24. The number of carbonyl (C=O) groups is 3. The fourth-order valence-electron chi connectivity index (χ4n) is 2.22. The van der Waals surface area contributed by atoms with Crippen molar-refractivity contribution >= 4 is 40.3 Å². The molecule has 25 heavy (non-hydrogen) atoms. The normalized spacial score (nSPS) is 13.6. The first-order valence-corrected chi connectivity index (χ1v) is 8.48. The van der Waals surface area contributed by atoms with Gasteiger partial charge in [0.15, 0.2) is 6.61 Å². The topological polar surface area (TPSA) is 119 Å². The van der Waals surface area contributed by atoms with Crippen LogP contribution in [0.15, 0.2) is 18.2 Å². The summed E-state index contributed by atoms with van der Waals surface area (Å²) in [6.07, 6.45) is 0.00934. The zero-order valence-electron chi connectivity index (χ0n) is 13.5. The van der Waals surface area contributed by atoms with Gasteiger partial charge >= 0.3 is 5.97 Å². The summed E-state index contributed by atoms with van der Waals surface area (Å²) in [6.45, 7) is 1.88. The average Bonchev–Trinajstić information content (AvgIpc) is 2.97. The maximum atomic E-state index is 11.8. The van der Waals surface area contributed by atoms with E-state index in [1.807, 2.05) is 0 Å². The van der Waals surface area contributed by atoms with Crippen molar-refractivity contribution in [2.45, 2.75) is 13.3 Å². The lowest BCUT2D eigenvalue weighted by Crippen LogP contribution is -2.28. The molecule has 1 saturated heterocycles. The second kappa shape index (κ2) is 8.47. The average molecular weight is 367 g/mol. The van der Waals surface area contributed by atoms with Gasteiger partial charge in [-0.1, -0.05) is 17.8 Å². The van der Waals surface area contributed by atoms with E-state index >= 15 is 0 Å². The molecule has 134 valence electrons. The van der Waals surface area contributed by atoms with Gasteiger partial charge < -0.3 is 15.0 Å². The Hall–Kier alpha value is -2.62. The van der Waals surface area contributed by atoms with E-state index in [0.29, 0.717) is 17.9 Å². The van der Waals surface area contributed by atoms with Crippen LogP contribution in [0.2, 0.25) is 0 Å². The summed E-state index contributed by atoms with van der Waals surface area (Å²) in [5.41, 5.74) is 0.495. The van der Waals surface area contributed by atoms with Crippen LogP contribution in [0.5, 0.6) is 0 Å². The van der Waals surface area contributed by atoms with Gasteiger partial charge in [-0.25, -0.2) is 0 Å². The number of ether oxygens (including phenoxy) is 1. The van der Waals surface area contributed by atoms with Crippen LogP contribution in [-0.4, -0.2) is 52.4 Å². The molecule has 2 rings (SSSR count). The summed E-state index contributed by atoms with van der Waals surface area (Å²) in [6, 6.07) is 4.32. The highest BCUT2D eigenvalue weighted by Gasteiger charge is 2.22. The Labute approximate surface area is 147 Å². The number of nitrogens with zero attached hydrogens (tertiary/aromatic N) is 2. The molecule has 0 aliphatic carbocycles. The molecular formula is C15H17N3O6S. The van der Waals surface area contributed by atoms with Crippen LogP contribution in [-0.2, 0) is 14.3 Å². The van der Waals surface area contributed by atoms with Gasteiger partial charge in [0.2, 0.25) is 0 Å². The van der Waals surface area contributed by atoms with E-state index in [4.69, 9.17) is 4.74 Å². The lowest BCUT2D eigenvalue weighted by molar-refractivity contribution is -0.385. The molecule has 1 N–H and O–H groups in total. The lowest BCUT2D eigenvalue weighted by atomic mass is 10.1. The van der Waals surface area contributed by atoms with E-state index in [9.17, 15) is 24.5 Å². The second-order valence-electron chi connectivity index (χ2n) is 5.27. The number of amides is 2. The van der Waals surface area contributed by atoms with Crippen molar-refractivity contribution in [3.8, 4) is 0 Å². The molecule has 1 aromatic carbocycles. The predicted octanol–water partition coefficient (Wildman–Crippen LogP) is 1.94. The monoisotopic (exact) mass is 367 g/mol. The van der Waals surface area contributed by atoms with Crippen LogP contribution < -0.4 is 5.32 Å². The molecule has 9 nitrogen and oxygen atoms in total. The number of anilines is 1. The summed E-state index contributed by atoms with van der Waals surface area (Å²) in [7, 11) is 0. The molecular weight excluding hydrogens is 350 g/mol. The van der Waals surface area contributed by atoms with Crippen molar-refractivity contribution in [3.05, 3.63) is 33.9 Å². The fraction of sp³-hybridized carbons (Fsp3) is 0.400. The number of thioether (sulfide) groups is 1. The minimum atomic E-state index is -0.593. The van der Waals surface area contributed by atoms with Crippen LogP contribution in [0.3, 0.4) is 0 Å². The van der Waals surface area contributed by atoms with Gasteiger partial charge in [0.1, 0.15) is 0 Å². The van der Waals surface area contributed by atoms with E-state index in [1.54, 1.807) is 4.90 Å². The van der Waals surface area contributed by atoms with E-state index in [1.165, 1.54) is 36.9 Å². The number of benzene rings is 1. The number of hydrogen-bond donors (Lipinski definition) is 1. The van der Waals surface area contributed by atoms with Gasteiger partial charge in [-0.3, -0.25) is 24.5 Å². The zero-order chi connectivity index (χ0) is 18.4. The number of nitro groups is 1. The van der Waals surface area contributed by atoms with Gasteiger partial charge in [0.05, 0.1) is 22.6 Å². The van der Waals surface area contributed by atoms with E-state index in [0.717, 1.165) is 0 Å². The van der Waals surface area contributed by atoms with E-state index in [-0.39, 0.29) is 29.6 Å². The second-order valence-corrected chi connectivity index (χ2v) is 6.31. The van der Waals surface area contributed by atoms with Gasteiger partial charge in [0.25, 0.3) is 16.8 Å². The molecule has 0 unspecified atom stereocenters. The molecule has 1 aromatic rings. The number of carbonyl (C=O) groups excluding carboxylic acids is 3. The molecule has 0 saturated carbocycles. The van der Waals surface area contributed by atoms with Crippen molar-refractivity contribution < 1.29 is 24.0 Å². The van der Waals surface area contributed by atoms with Crippen molar-refractivity contribution in [1.29, 1.82) is 0 Å². The molecule has 1 aliphatic rings. The van der Waals surface area contributed by atoms with Crippen LogP contribution in [0.25, 0.3) is 0 Å². The standard InChI is InChI=1S/C15H17N3O6S/c1-10-11(3-2-4-12(10)18(22)23)16-13(19)9-24-14(20)5-6-17-7-8-25-15(17)21/h2-4H,5-9H2,1H3,(H,16,19). The summed E-state index contributed by atoms with van der Waals surface area (Å²) in [5.74, 6) is -0.473. The number of nitro benzene ring substituents is 1. The Balaban J connectivity index is 1.79. The van der Waals surface area contributed by atoms with Gasteiger partial charge in [-0.05, 0) is 13.0 Å². The predicted molar refractivity (Wildman–Crippen MR) is 91.5 cm³/mol. The van der Waals surface area contributed by atoms with Crippen LogP contribution in [0.1, 0.15) is 12.0 Å². The van der Waals surface area contributed by atoms with Crippen LogP contribution >= 0.6 is 11.8 Å². The first-order chi connectivity index (χ1) is 11.9. The molecule has 0 radical (unpaired) electrons. The Morgan fingerprint density at radius 2 is 2.20 bits per heavy atom. The third kappa shape index (κ3) is 5.18. The van der Waals surface area contributed by atoms with Crippen LogP contribution in [0.4, 0.5) is 16.2 Å². The summed E-state index contributed by atoms with van der Waals surface area (Å²) < 4.78 is 4.86. The highest BCUT2D eigenvalue weighted by molar-refractivity contribution is 8.13. The molecule has 0 spiro atoms. The maximum Gasteiger partial charge on any atom is 0.308 e. The summed E-state index contributed by atoms with van der Waals surface area (Å²) in [5, 5.41) is 13.3. The Morgan fingerprint density at radius 3 is 2.84 bits per heavy atom. The lowest BCUT2D eigenvalue weighted by Gasteiger charge is -2.13. The Kier molecular flexibility index (Phi) is 6.34. The van der Waals surface area contributed by atoms with Crippen molar-refractivity contribution in [2.24, 2.45) is 0 Å². The van der Waals surface area contributed by atoms with Gasteiger partial charge in [-0.2, -0.15) is 0 Å². The van der Waals surface area contributed by atoms with E-state index in [2.05, 4.69) is 5.32 Å². The number of nitrogens with one attached hydrogen (secondary N) is 1. The highest BCUT2D eigenvalue weighted by atomic mass is 32.2. The molecule has 0 atom stereocenters. The third-order valence-corrected chi connectivity index (χ3v) is 4.46. The van der Waals surface area contributed by atoms with Gasteiger partial charge in [0, 0.05) is 24.9 Å². The molecule has 10 heteroatoms. The maximum absolute atomic E-state index is 11.8. The number of esters is 1. The molecule has 1 heterocycles. The Bertz CT molecular complexity index is 709. The van der Waals surface area contributed by atoms with Crippen molar-refractivity contribution in [2.75, 3.05) is 30.8 Å². The largest absolute Gasteiger partial charge is 0.456 e. The number of rotatable bonds is 7. The fourth-order valence-corrected chi connectivity index (χ4v) is 3.07. The molecule has 1 aliphatic heterocycles. The first-order valence-electron chi connectivity index (χ1n) is 7.49. The van der Waals surface area contributed by atoms with Crippen LogP contribution in [0, 0.1) is 17.0 Å². The minimum absolute atomic E-state index is 0.00934. The zero-order valence-corrected chi connectivity index (χ0v) is 14.3. The van der Waals surface area contributed by atoms with Gasteiger partial charge in [-0.15, -0.1) is 0 Å². The minimum Gasteiger partial charge on any atom is -0.456 e. The molecule has 0 bridgehead atoms. The SMILES string of the molecule is Cc1c(NC(=O)COC(=O)CCN2CCSC2=O)cccc1[N+](=O)[O-].